The molecule has 142 valence electrons. The monoisotopic (exact) mass is 364 g/mol. The van der Waals surface area contributed by atoms with Gasteiger partial charge in [-0.25, -0.2) is 0 Å². The molecule has 0 saturated heterocycles. The van der Waals surface area contributed by atoms with Crippen molar-refractivity contribution in [1.82, 2.24) is 10.2 Å². The molecule has 0 radical (unpaired) electrons. The van der Waals surface area contributed by atoms with Crippen LogP contribution in [0.4, 0.5) is 0 Å². The molecule has 0 atom stereocenters. The van der Waals surface area contributed by atoms with Crippen molar-refractivity contribution in [2.45, 2.75) is 32.7 Å². The lowest BCUT2D eigenvalue weighted by atomic mass is 9.82. The second-order valence-corrected chi connectivity index (χ2v) is 8.03. The summed E-state index contributed by atoms with van der Waals surface area (Å²) < 4.78 is 5.92. The average molecular weight is 364 g/mol. The number of hydrogen-bond donors (Lipinski definition) is 1. The standard InChI is InChI=1S/C23H28N2O2/c1-16-10-6-8-12-19(16)23(2,3)15-24-22(26)21-18(14-25(4)5)17-11-7-9-13-20(17)27-21/h6-13H,14-15H2,1-5H3,(H,24,26). The Kier molecular flexibility index (Phi) is 5.38. The van der Waals surface area contributed by atoms with Crippen molar-refractivity contribution in [1.29, 1.82) is 0 Å². The van der Waals surface area contributed by atoms with Crippen LogP contribution in [0, 0.1) is 6.92 Å². The van der Waals surface area contributed by atoms with E-state index in [1.54, 1.807) is 0 Å². The maximum Gasteiger partial charge on any atom is 0.287 e. The quantitative estimate of drug-likeness (QED) is 0.700. The van der Waals surface area contributed by atoms with Crippen molar-refractivity contribution >= 4 is 16.9 Å². The lowest BCUT2D eigenvalue weighted by Crippen LogP contribution is -2.37. The molecular weight excluding hydrogens is 336 g/mol. The van der Waals surface area contributed by atoms with E-state index in [4.69, 9.17) is 4.42 Å². The zero-order valence-electron chi connectivity index (χ0n) is 16.8. The molecule has 4 nitrogen and oxygen atoms in total. The van der Waals surface area contributed by atoms with E-state index in [0.29, 0.717) is 18.8 Å². The minimum atomic E-state index is -0.172. The van der Waals surface area contributed by atoms with E-state index in [-0.39, 0.29) is 11.3 Å². The van der Waals surface area contributed by atoms with Gasteiger partial charge in [-0.3, -0.25) is 4.79 Å². The lowest BCUT2D eigenvalue weighted by molar-refractivity contribution is 0.0917. The number of nitrogens with zero attached hydrogens (tertiary/aromatic N) is 1. The lowest BCUT2D eigenvalue weighted by Gasteiger charge is -2.27. The summed E-state index contributed by atoms with van der Waals surface area (Å²) in [7, 11) is 3.98. The third-order valence-corrected chi connectivity index (χ3v) is 4.94. The van der Waals surface area contributed by atoms with E-state index in [1.165, 1.54) is 11.1 Å². The molecule has 0 saturated carbocycles. The zero-order chi connectivity index (χ0) is 19.6. The fourth-order valence-electron chi connectivity index (χ4n) is 3.56. The number of nitrogens with one attached hydrogen (secondary N) is 1. The van der Waals surface area contributed by atoms with E-state index >= 15 is 0 Å². The van der Waals surface area contributed by atoms with Gasteiger partial charge in [-0.05, 0) is 38.2 Å². The van der Waals surface area contributed by atoms with Crippen LogP contribution in [0.3, 0.4) is 0 Å². The fraction of sp³-hybridized carbons (Fsp3) is 0.348. The molecule has 4 heteroatoms. The molecule has 3 aromatic rings. The van der Waals surface area contributed by atoms with Gasteiger partial charge in [-0.15, -0.1) is 0 Å². The first-order valence-electron chi connectivity index (χ1n) is 9.29. The number of amides is 1. The van der Waals surface area contributed by atoms with E-state index in [2.05, 4.69) is 38.2 Å². The number of carbonyl (C=O) groups is 1. The van der Waals surface area contributed by atoms with Crippen LogP contribution in [-0.2, 0) is 12.0 Å². The Morgan fingerprint density at radius 3 is 2.44 bits per heavy atom. The van der Waals surface area contributed by atoms with Crippen LogP contribution in [0.25, 0.3) is 11.0 Å². The number of para-hydroxylation sites is 1. The highest BCUT2D eigenvalue weighted by Gasteiger charge is 2.26. The Hall–Kier alpha value is -2.59. The van der Waals surface area contributed by atoms with Crippen molar-refractivity contribution in [3.8, 4) is 0 Å². The predicted molar refractivity (Wildman–Crippen MR) is 110 cm³/mol. The number of fused-ring (bicyclic) bond motifs is 1. The minimum Gasteiger partial charge on any atom is -0.451 e. The van der Waals surface area contributed by atoms with Gasteiger partial charge in [0.2, 0.25) is 0 Å². The first-order valence-corrected chi connectivity index (χ1v) is 9.29. The highest BCUT2D eigenvalue weighted by Crippen LogP contribution is 2.28. The minimum absolute atomic E-state index is 0.162. The Bertz CT molecular complexity index is 954. The molecule has 1 aromatic heterocycles. The number of furan rings is 1. The molecule has 0 bridgehead atoms. The summed E-state index contributed by atoms with van der Waals surface area (Å²) >= 11 is 0. The number of carbonyl (C=O) groups excluding carboxylic acids is 1. The highest BCUT2D eigenvalue weighted by atomic mass is 16.3. The van der Waals surface area contributed by atoms with Crippen molar-refractivity contribution in [3.63, 3.8) is 0 Å². The summed E-state index contributed by atoms with van der Waals surface area (Å²) in [6.07, 6.45) is 0. The van der Waals surface area contributed by atoms with Crippen LogP contribution in [0.15, 0.2) is 52.9 Å². The Morgan fingerprint density at radius 1 is 1.07 bits per heavy atom. The van der Waals surface area contributed by atoms with E-state index < -0.39 is 0 Å². The van der Waals surface area contributed by atoms with E-state index in [9.17, 15) is 4.79 Å². The summed E-state index contributed by atoms with van der Waals surface area (Å²) in [6.45, 7) is 7.59. The molecular formula is C23H28N2O2. The van der Waals surface area contributed by atoms with Gasteiger partial charge in [-0.1, -0.05) is 56.3 Å². The number of aryl methyl sites for hydroxylation is 1. The molecule has 1 amide bonds. The Balaban J connectivity index is 1.85. The van der Waals surface area contributed by atoms with Gasteiger partial charge in [0.25, 0.3) is 5.91 Å². The summed E-state index contributed by atoms with van der Waals surface area (Å²) in [5.41, 5.74) is 3.98. The van der Waals surface area contributed by atoms with Gasteiger partial charge in [0.05, 0.1) is 0 Å². The second-order valence-electron chi connectivity index (χ2n) is 8.03. The van der Waals surface area contributed by atoms with Crippen molar-refractivity contribution < 1.29 is 9.21 Å². The maximum atomic E-state index is 13.0. The first-order chi connectivity index (χ1) is 12.8. The molecule has 1 heterocycles. The highest BCUT2D eigenvalue weighted by molar-refractivity contribution is 5.99. The molecule has 0 unspecified atom stereocenters. The van der Waals surface area contributed by atoms with E-state index in [1.807, 2.05) is 55.4 Å². The predicted octanol–water partition coefficient (Wildman–Crippen LogP) is 4.51. The van der Waals surface area contributed by atoms with Gasteiger partial charge < -0.3 is 14.6 Å². The van der Waals surface area contributed by atoms with Crippen molar-refractivity contribution in [2.24, 2.45) is 0 Å². The van der Waals surface area contributed by atoms with Crippen molar-refractivity contribution in [3.05, 3.63) is 71.0 Å². The molecule has 27 heavy (non-hydrogen) atoms. The molecule has 0 aliphatic rings. The van der Waals surface area contributed by atoms with Crippen LogP contribution in [-0.4, -0.2) is 31.4 Å². The molecule has 3 rings (SSSR count). The molecule has 0 aliphatic heterocycles. The number of rotatable bonds is 6. The smallest absolute Gasteiger partial charge is 0.287 e. The summed E-state index contributed by atoms with van der Waals surface area (Å²) in [6, 6.07) is 16.1. The zero-order valence-corrected chi connectivity index (χ0v) is 16.8. The summed E-state index contributed by atoms with van der Waals surface area (Å²) in [5.74, 6) is 0.246. The molecule has 0 aliphatic carbocycles. The number of hydrogen-bond acceptors (Lipinski definition) is 3. The SMILES string of the molecule is Cc1ccccc1C(C)(C)CNC(=O)c1oc2ccccc2c1CN(C)C. The summed E-state index contributed by atoms with van der Waals surface area (Å²) in [4.78, 5) is 15.0. The van der Waals surface area contributed by atoms with Crippen LogP contribution in [0.1, 0.15) is 41.1 Å². The molecule has 0 spiro atoms. The maximum absolute atomic E-state index is 13.0. The third kappa shape index (κ3) is 4.06. The van der Waals surface area contributed by atoms with Crippen LogP contribution >= 0.6 is 0 Å². The van der Waals surface area contributed by atoms with Gasteiger partial charge in [0.15, 0.2) is 5.76 Å². The fourth-order valence-corrected chi connectivity index (χ4v) is 3.56. The van der Waals surface area contributed by atoms with Gasteiger partial charge in [-0.2, -0.15) is 0 Å². The number of benzene rings is 2. The summed E-state index contributed by atoms with van der Waals surface area (Å²) in [5, 5.41) is 4.08. The first kappa shape index (κ1) is 19.2. The molecule has 2 aromatic carbocycles. The second kappa shape index (κ2) is 7.57. The third-order valence-electron chi connectivity index (χ3n) is 4.94. The van der Waals surface area contributed by atoms with Gasteiger partial charge in [0.1, 0.15) is 5.58 Å². The normalized spacial score (nSPS) is 11.9. The van der Waals surface area contributed by atoms with Gasteiger partial charge in [0, 0.05) is 29.5 Å². The topological polar surface area (TPSA) is 45.5 Å². The Morgan fingerprint density at radius 2 is 1.74 bits per heavy atom. The van der Waals surface area contributed by atoms with E-state index in [0.717, 1.165) is 16.5 Å². The Labute approximate surface area is 161 Å². The molecule has 1 N–H and O–H groups in total. The van der Waals surface area contributed by atoms with Crippen molar-refractivity contribution in [2.75, 3.05) is 20.6 Å². The molecule has 0 fully saturated rings. The average Bonchev–Trinajstić information content (AvgIpc) is 2.98. The van der Waals surface area contributed by atoms with Crippen LogP contribution < -0.4 is 5.32 Å². The van der Waals surface area contributed by atoms with Crippen LogP contribution in [0.2, 0.25) is 0 Å². The largest absolute Gasteiger partial charge is 0.451 e. The van der Waals surface area contributed by atoms with Crippen LogP contribution in [0.5, 0.6) is 0 Å². The van der Waals surface area contributed by atoms with Gasteiger partial charge >= 0.3 is 0 Å².